The molecule has 220 valence electrons. The molecule has 2 bridgehead atoms. The summed E-state index contributed by atoms with van der Waals surface area (Å²) in [5.41, 5.74) is 2.08. The average molecular weight is 561 g/mol. The molecule has 10 nitrogen and oxygen atoms in total. The third-order valence-corrected chi connectivity index (χ3v) is 9.98. The molecule has 4 aliphatic rings. The summed E-state index contributed by atoms with van der Waals surface area (Å²) < 4.78 is 6.21. The molecule has 0 aromatic carbocycles. The standard InChI is InChI=1S/C26H46N2O6S.CH2O2/c1-14(2)12-15-8-7-9-16(21-17(15)13-27-34-21)24(32)28-23-22-19(30)18(29)20(31)25(33-22)35-11-6-5-10-26(23,3)4;2-1-3/h14-23,25,27,29-31H,5-13H2,1-4H3,(H,28,32);1H,(H,2,3)/t15-,16-,17?,18-,19+,20+,21-,22-,23-,25+;/m0./s1. The van der Waals surface area contributed by atoms with Crippen molar-refractivity contribution in [3.63, 3.8) is 0 Å². The van der Waals surface area contributed by atoms with Gasteiger partial charge in [-0.25, -0.2) is 5.48 Å². The number of fused-ring (bicyclic) bond motifs is 3. The van der Waals surface area contributed by atoms with Crippen molar-refractivity contribution >= 4 is 24.1 Å². The van der Waals surface area contributed by atoms with E-state index in [2.05, 4.69) is 38.5 Å². The zero-order valence-electron chi connectivity index (χ0n) is 23.1. The zero-order chi connectivity index (χ0) is 28.0. The van der Waals surface area contributed by atoms with Crippen LogP contribution in [0.1, 0.15) is 72.6 Å². The maximum absolute atomic E-state index is 13.9. The van der Waals surface area contributed by atoms with Crippen LogP contribution in [-0.4, -0.2) is 87.1 Å². The van der Waals surface area contributed by atoms with E-state index in [1.165, 1.54) is 11.8 Å². The molecule has 1 aliphatic carbocycles. The number of hydrogen-bond donors (Lipinski definition) is 6. The summed E-state index contributed by atoms with van der Waals surface area (Å²) in [6, 6.07) is -0.504. The van der Waals surface area contributed by atoms with Crippen molar-refractivity contribution in [1.29, 1.82) is 0 Å². The number of carboxylic acid groups (broad SMARTS) is 1. The van der Waals surface area contributed by atoms with Gasteiger partial charge in [0.1, 0.15) is 29.9 Å². The fourth-order valence-corrected chi connectivity index (χ4v) is 7.89. The largest absolute Gasteiger partial charge is 0.483 e. The second kappa shape index (κ2) is 14.1. The Morgan fingerprint density at radius 3 is 2.50 bits per heavy atom. The first-order valence-corrected chi connectivity index (χ1v) is 15.1. The molecule has 0 aromatic rings. The number of aliphatic hydroxyl groups is 3. The van der Waals surface area contributed by atoms with E-state index in [9.17, 15) is 20.1 Å². The number of rotatable bonds is 4. The summed E-state index contributed by atoms with van der Waals surface area (Å²) in [7, 11) is 0. The van der Waals surface area contributed by atoms with Gasteiger partial charge in [0.05, 0.1) is 18.1 Å². The Balaban J connectivity index is 0.00000127. The van der Waals surface area contributed by atoms with E-state index in [0.717, 1.165) is 57.2 Å². The van der Waals surface area contributed by atoms with Crippen LogP contribution in [0.4, 0.5) is 0 Å². The summed E-state index contributed by atoms with van der Waals surface area (Å²) in [5.74, 6) is 1.92. The van der Waals surface area contributed by atoms with Crippen LogP contribution in [0, 0.1) is 29.1 Å². The molecule has 10 atom stereocenters. The smallest absolute Gasteiger partial charge is 0.290 e. The van der Waals surface area contributed by atoms with Gasteiger partial charge < -0.3 is 30.5 Å². The van der Waals surface area contributed by atoms with Gasteiger partial charge in [0.15, 0.2) is 0 Å². The predicted octanol–water partition coefficient (Wildman–Crippen LogP) is 1.90. The maximum atomic E-state index is 13.9. The Hall–Kier alpha value is -0.950. The van der Waals surface area contributed by atoms with Gasteiger partial charge in [-0.15, -0.1) is 11.8 Å². The molecular formula is C27H48N2O8S. The van der Waals surface area contributed by atoms with Gasteiger partial charge in [-0.05, 0) is 55.1 Å². The van der Waals surface area contributed by atoms with E-state index in [-0.39, 0.29) is 29.8 Å². The number of thioether (sulfide) groups is 1. The number of carbonyl (C=O) groups excluding carboxylic acids is 1. The van der Waals surface area contributed by atoms with Crippen molar-refractivity contribution in [2.45, 2.75) is 115 Å². The van der Waals surface area contributed by atoms with Crippen molar-refractivity contribution in [1.82, 2.24) is 10.8 Å². The minimum atomic E-state index is -1.32. The first-order valence-electron chi connectivity index (χ1n) is 14.1. The monoisotopic (exact) mass is 560 g/mol. The minimum absolute atomic E-state index is 0.0651. The summed E-state index contributed by atoms with van der Waals surface area (Å²) in [6.45, 7) is 9.21. The van der Waals surface area contributed by atoms with Crippen LogP contribution in [0.2, 0.25) is 0 Å². The van der Waals surface area contributed by atoms with Gasteiger partial charge in [-0.1, -0.05) is 40.5 Å². The summed E-state index contributed by atoms with van der Waals surface area (Å²) in [5, 5.41) is 42.2. The summed E-state index contributed by atoms with van der Waals surface area (Å²) in [6.07, 6.45) is 2.08. The number of carbonyl (C=O) groups is 2. The van der Waals surface area contributed by atoms with Crippen LogP contribution >= 0.6 is 11.8 Å². The highest BCUT2D eigenvalue weighted by Gasteiger charge is 2.52. The van der Waals surface area contributed by atoms with Crippen LogP contribution in [0.5, 0.6) is 0 Å². The third-order valence-electron chi connectivity index (χ3n) is 8.74. The van der Waals surface area contributed by atoms with Gasteiger partial charge in [0, 0.05) is 12.5 Å². The second-order valence-corrected chi connectivity index (χ2v) is 13.6. The normalized spacial score (nSPS) is 41.2. The molecule has 11 heteroatoms. The maximum Gasteiger partial charge on any atom is 0.290 e. The molecule has 38 heavy (non-hydrogen) atoms. The fraction of sp³-hybridized carbons (Fsp3) is 0.926. The Kier molecular flexibility index (Phi) is 11.7. The molecule has 3 saturated heterocycles. The number of amides is 1. The van der Waals surface area contributed by atoms with Crippen LogP contribution in [0.3, 0.4) is 0 Å². The van der Waals surface area contributed by atoms with Crippen molar-refractivity contribution in [3.05, 3.63) is 0 Å². The SMILES string of the molecule is CC(C)C[C@@H]1CCC[C@H](C(=O)N[C@H]2[C@H]3O[C@H](SCCCCC2(C)C)[C@H](O)[C@@H](O)[C@H]3O)[C@@H]2ONCC12.O=CO. The quantitative estimate of drug-likeness (QED) is 0.281. The van der Waals surface area contributed by atoms with Gasteiger partial charge in [0.25, 0.3) is 6.47 Å². The first-order chi connectivity index (χ1) is 18.0. The first kappa shape index (κ1) is 31.6. The lowest BCUT2D eigenvalue weighted by atomic mass is 9.74. The number of nitrogens with one attached hydrogen (secondary N) is 2. The molecule has 4 fully saturated rings. The third kappa shape index (κ3) is 7.41. The highest BCUT2D eigenvalue weighted by molar-refractivity contribution is 7.99. The lowest BCUT2D eigenvalue weighted by Gasteiger charge is -2.48. The van der Waals surface area contributed by atoms with Crippen LogP contribution < -0.4 is 10.8 Å². The van der Waals surface area contributed by atoms with Gasteiger partial charge in [-0.3, -0.25) is 14.4 Å². The predicted molar refractivity (Wildman–Crippen MR) is 144 cm³/mol. The fourth-order valence-electron chi connectivity index (χ4n) is 6.72. The Morgan fingerprint density at radius 1 is 1.11 bits per heavy atom. The molecule has 3 heterocycles. The minimum Gasteiger partial charge on any atom is -0.483 e. The second-order valence-electron chi connectivity index (χ2n) is 12.4. The molecule has 3 aliphatic heterocycles. The van der Waals surface area contributed by atoms with Gasteiger partial charge >= 0.3 is 0 Å². The summed E-state index contributed by atoms with van der Waals surface area (Å²) in [4.78, 5) is 28.2. The Labute approximate surface area is 230 Å². The highest BCUT2D eigenvalue weighted by Crippen LogP contribution is 2.42. The van der Waals surface area contributed by atoms with E-state index in [0.29, 0.717) is 17.8 Å². The van der Waals surface area contributed by atoms with E-state index in [4.69, 9.17) is 19.5 Å². The van der Waals surface area contributed by atoms with Crippen LogP contribution in [-0.2, 0) is 19.2 Å². The van der Waals surface area contributed by atoms with E-state index in [1.807, 2.05) is 0 Å². The van der Waals surface area contributed by atoms with Crippen LogP contribution in [0.15, 0.2) is 0 Å². The molecule has 0 spiro atoms. The van der Waals surface area contributed by atoms with Gasteiger partial charge in [0.2, 0.25) is 5.91 Å². The zero-order valence-corrected chi connectivity index (χ0v) is 23.9. The van der Waals surface area contributed by atoms with Crippen molar-refractivity contribution in [2.24, 2.45) is 29.1 Å². The van der Waals surface area contributed by atoms with Crippen molar-refractivity contribution in [3.8, 4) is 0 Å². The molecule has 6 N–H and O–H groups in total. The number of ether oxygens (including phenoxy) is 1. The lowest BCUT2D eigenvalue weighted by Crippen LogP contribution is -2.66. The topological polar surface area (TPSA) is 158 Å². The molecule has 1 saturated carbocycles. The molecule has 0 aromatic heterocycles. The van der Waals surface area contributed by atoms with Crippen molar-refractivity contribution in [2.75, 3.05) is 12.3 Å². The molecule has 1 amide bonds. The van der Waals surface area contributed by atoms with Crippen LogP contribution in [0.25, 0.3) is 0 Å². The average Bonchev–Trinajstić information content (AvgIpc) is 3.27. The highest BCUT2D eigenvalue weighted by atomic mass is 32.2. The summed E-state index contributed by atoms with van der Waals surface area (Å²) >= 11 is 1.47. The molecular weight excluding hydrogens is 512 g/mol. The molecule has 0 radical (unpaired) electrons. The van der Waals surface area contributed by atoms with Crippen molar-refractivity contribution < 1.29 is 39.6 Å². The molecule has 1 unspecified atom stereocenters. The van der Waals surface area contributed by atoms with Gasteiger partial charge in [-0.2, -0.15) is 0 Å². The number of aliphatic hydroxyl groups excluding tert-OH is 3. The lowest BCUT2D eigenvalue weighted by molar-refractivity contribution is -0.213. The Bertz CT molecular complexity index is 771. The Morgan fingerprint density at radius 2 is 1.82 bits per heavy atom. The number of hydrogen-bond acceptors (Lipinski definition) is 9. The van der Waals surface area contributed by atoms with E-state index < -0.39 is 35.9 Å². The number of hydroxylamine groups is 1. The van der Waals surface area contributed by atoms with E-state index in [1.54, 1.807) is 0 Å². The molecule has 4 rings (SSSR count). The van der Waals surface area contributed by atoms with E-state index >= 15 is 0 Å².